The minimum absolute atomic E-state index is 0.0603. The van der Waals surface area contributed by atoms with Crippen molar-refractivity contribution in [2.24, 2.45) is 5.73 Å². The van der Waals surface area contributed by atoms with E-state index in [2.05, 4.69) is 10.0 Å². The molecule has 0 bridgehead atoms. The van der Waals surface area contributed by atoms with Crippen molar-refractivity contribution in [1.29, 1.82) is 0 Å². The minimum atomic E-state index is -3.83. The fourth-order valence-electron chi connectivity index (χ4n) is 3.94. The Morgan fingerprint density at radius 3 is 2.47 bits per heavy atom. The van der Waals surface area contributed by atoms with E-state index in [1.54, 1.807) is 12.1 Å². The second kappa shape index (κ2) is 9.86. The van der Waals surface area contributed by atoms with E-state index in [1.165, 1.54) is 54.8 Å². The van der Waals surface area contributed by atoms with Gasteiger partial charge in [-0.25, -0.2) is 8.42 Å². The summed E-state index contributed by atoms with van der Waals surface area (Å²) in [6.07, 6.45) is 4.80. The van der Waals surface area contributed by atoms with E-state index in [9.17, 15) is 18.0 Å². The lowest BCUT2D eigenvalue weighted by atomic mass is 10.1. The van der Waals surface area contributed by atoms with E-state index in [0.717, 1.165) is 42.5 Å². The Balaban J connectivity index is 1.50. The third-order valence-electron chi connectivity index (χ3n) is 5.65. The molecule has 0 fully saturated rings. The van der Waals surface area contributed by atoms with Gasteiger partial charge in [-0.1, -0.05) is 12.5 Å². The van der Waals surface area contributed by atoms with Crippen LogP contribution >= 0.6 is 11.3 Å². The highest BCUT2D eigenvalue weighted by atomic mass is 32.2. The molecular weight excluding hydrogens is 474 g/mol. The maximum atomic E-state index is 12.8. The van der Waals surface area contributed by atoms with Crippen LogP contribution < -0.4 is 20.5 Å². The summed E-state index contributed by atoms with van der Waals surface area (Å²) in [6.45, 7) is 0. The number of sulfonamides is 1. The topological polar surface area (TPSA) is 128 Å². The van der Waals surface area contributed by atoms with Crippen LogP contribution in [-0.2, 0) is 22.9 Å². The van der Waals surface area contributed by atoms with Crippen molar-refractivity contribution in [2.75, 3.05) is 17.1 Å². The van der Waals surface area contributed by atoms with E-state index >= 15 is 0 Å². The number of primary amides is 1. The maximum Gasteiger partial charge on any atom is 0.262 e. The van der Waals surface area contributed by atoms with Crippen LogP contribution in [0.25, 0.3) is 0 Å². The first-order valence-corrected chi connectivity index (χ1v) is 13.1. The van der Waals surface area contributed by atoms with Gasteiger partial charge in [0, 0.05) is 22.2 Å². The number of nitrogens with two attached hydrogens (primary N) is 1. The number of carbonyl (C=O) groups excluding carboxylic acids is 2. The maximum absolute atomic E-state index is 12.8. The van der Waals surface area contributed by atoms with Gasteiger partial charge in [-0.05, 0) is 67.6 Å². The molecule has 0 aliphatic heterocycles. The molecule has 0 saturated heterocycles. The quantitative estimate of drug-likeness (QED) is 0.420. The first-order chi connectivity index (χ1) is 16.3. The minimum Gasteiger partial charge on any atom is -0.497 e. The molecule has 0 spiro atoms. The van der Waals surface area contributed by atoms with Gasteiger partial charge in [0.05, 0.1) is 17.6 Å². The van der Waals surface area contributed by atoms with E-state index in [0.29, 0.717) is 27.6 Å². The van der Waals surface area contributed by atoms with Crippen molar-refractivity contribution < 1.29 is 22.7 Å². The number of carbonyl (C=O) groups is 2. The summed E-state index contributed by atoms with van der Waals surface area (Å²) in [5.41, 5.74) is 7.62. The Kier molecular flexibility index (Phi) is 6.90. The van der Waals surface area contributed by atoms with Crippen LogP contribution in [-0.4, -0.2) is 27.3 Å². The van der Waals surface area contributed by atoms with Gasteiger partial charge in [-0.15, -0.1) is 11.3 Å². The monoisotopic (exact) mass is 499 g/mol. The molecule has 0 atom stereocenters. The molecule has 3 aromatic rings. The van der Waals surface area contributed by atoms with Crippen LogP contribution in [0.3, 0.4) is 0 Å². The fraction of sp³-hybridized carbons (Fsp3) is 0.250. The number of amides is 2. The average molecular weight is 500 g/mol. The molecule has 1 aromatic heterocycles. The number of hydrogen-bond donors (Lipinski definition) is 3. The van der Waals surface area contributed by atoms with Gasteiger partial charge in [-0.3, -0.25) is 14.3 Å². The Hall–Kier alpha value is -3.37. The fourth-order valence-corrected chi connectivity index (χ4v) is 6.32. The number of nitrogens with one attached hydrogen (secondary N) is 2. The zero-order chi connectivity index (χ0) is 24.3. The highest BCUT2D eigenvalue weighted by molar-refractivity contribution is 7.92. The summed E-state index contributed by atoms with van der Waals surface area (Å²) in [4.78, 5) is 26.1. The molecule has 0 unspecified atom stereocenters. The molecule has 0 radical (unpaired) electrons. The molecule has 2 aromatic carbocycles. The molecule has 8 nitrogen and oxygen atoms in total. The number of hydrogen-bond acceptors (Lipinski definition) is 6. The van der Waals surface area contributed by atoms with Crippen molar-refractivity contribution in [3.63, 3.8) is 0 Å². The summed E-state index contributed by atoms with van der Waals surface area (Å²) in [5, 5.41) is 3.28. The van der Waals surface area contributed by atoms with E-state index in [1.807, 2.05) is 0 Å². The van der Waals surface area contributed by atoms with Gasteiger partial charge in [0.1, 0.15) is 10.8 Å². The molecule has 1 heterocycles. The zero-order valence-corrected chi connectivity index (χ0v) is 20.2. The number of benzene rings is 2. The van der Waals surface area contributed by atoms with Gasteiger partial charge in [0.15, 0.2) is 0 Å². The van der Waals surface area contributed by atoms with Gasteiger partial charge < -0.3 is 15.8 Å². The van der Waals surface area contributed by atoms with Gasteiger partial charge in [0.25, 0.3) is 21.8 Å². The summed E-state index contributed by atoms with van der Waals surface area (Å²) < 4.78 is 32.9. The van der Waals surface area contributed by atoms with Gasteiger partial charge in [-0.2, -0.15) is 0 Å². The summed E-state index contributed by atoms with van der Waals surface area (Å²) in [7, 11) is -2.37. The number of methoxy groups -OCH3 is 1. The molecule has 4 N–H and O–H groups in total. The lowest BCUT2D eigenvalue weighted by Crippen LogP contribution is -2.18. The second-order valence-electron chi connectivity index (χ2n) is 7.95. The van der Waals surface area contributed by atoms with Crippen molar-refractivity contribution in [1.82, 2.24) is 0 Å². The lowest BCUT2D eigenvalue weighted by molar-refractivity contribution is 0.100. The molecule has 10 heteroatoms. The molecule has 178 valence electrons. The van der Waals surface area contributed by atoms with E-state index in [4.69, 9.17) is 10.5 Å². The predicted molar refractivity (Wildman–Crippen MR) is 132 cm³/mol. The zero-order valence-electron chi connectivity index (χ0n) is 18.6. The van der Waals surface area contributed by atoms with Gasteiger partial charge in [0.2, 0.25) is 0 Å². The molecule has 1 aliphatic rings. The Morgan fingerprint density at radius 1 is 1.03 bits per heavy atom. The number of aryl methyl sites for hydroxylation is 1. The van der Waals surface area contributed by atoms with Crippen LogP contribution in [0.2, 0.25) is 0 Å². The highest BCUT2D eigenvalue weighted by Gasteiger charge is 2.24. The van der Waals surface area contributed by atoms with E-state index < -0.39 is 21.8 Å². The summed E-state index contributed by atoms with van der Waals surface area (Å²) in [5.74, 6) is -0.519. The predicted octanol–water partition coefficient (Wildman–Crippen LogP) is 4.18. The normalized spacial score (nSPS) is 13.4. The summed E-state index contributed by atoms with van der Waals surface area (Å²) >= 11 is 1.40. The van der Waals surface area contributed by atoms with Crippen molar-refractivity contribution in [2.45, 2.75) is 37.0 Å². The van der Waals surface area contributed by atoms with Crippen molar-refractivity contribution in [3.8, 4) is 5.75 Å². The number of ether oxygens (including phenoxy) is 1. The average Bonchev–Trinajstić information content (AvgIpc) is 3.00. The van der Waals surface area contributed by atoms with E-state index in [-0.39, 0.29) is 4.90 Å². The van der Waals surface area contributed by atoms with Crippen LogP contribution in [0.15, 0.2) is 53.4 Å². The molecule has 0 saturated carbocycles. The van der Waals surface area contributed by atoms with Crippen LogP contribution in [0.1, 0.15) is 50.4 Å². The highest BCUT2D eigenvalue weighted by Crippen LogP contribution is 2.37. The molecule has 4 rings (SSSR count). The number of fused-ring (bicyclic) bond motifs is 1. The number of rotatable bonds is 7. The standard InChI is InChI=1S/C24H25N3O5S2/c1-32-17-6-5-7-18(14-17)34(30,31)27-16-12-10-15(11-13-16)23(29)26-24-21(22(25)28)19-8-3-2-4-9-20(19)33-24/h5-7,10-14,27H,2-4,8-9H2,1H3,(H2,25,28)(H,26,29). The Labute approximate surface area is 202 Å². The third-order valence-corrected chi connectivity index (χ3v) is 8.23. The largest absolute Gasteiger partial charge is 0.497 e. The molecule has 34 heavy (non-hydrogen) atoms. The molecule has 1 aliphatic carbocycles. The van der Waals surface area contributed by atoms with Crippen LogP contribution in [0.5, 0.6) is 5.75 Å². The van der Waals surface area contributed by atoms with Gasteiger partial charge >= 0.3 is 0 Å². The van der Waals surface area contributed by atoms with Crippen LogP contribution in [0, 0.1) is 0 Å². The smallest absolute Gasteiger partial charge is 0.262 e. The number of anilines is 2. The molecule has 2 amide bonds. The molecular formula is C24H25N3O5S2. The Morgan fingerprint density at radius 2 is 1.76 bits per heavy atom. The van der Waals surface area contributed by atoms with Crippen LogP contribution in [0.4, 0.5) is 10.7 Å². The number of thiophene rings is 1. The third kappa shape index (κ3) is 5.07. The summed E-state index contributed by atoms with van der Waals surface area (Å²) in [6, 6.07) is 12.2. The first-order valence-electron chi connectivity index (χ1n) is 10.8. The van der Waals surface area contributed by atoms with Crippen molar-refractivity contribution >= 4 is 43.9 Å². The van der Waals surface area contributed by atoms with Crippen molar-refractivity contribution in [3.05, 3.63) is 70.1 Å². The Bertz CT molecular complexity index is 1330. The first kappa shape index (κ1) is 23.8. The SMILES string of the molecule is COc1cccc(S(=O)(=O)Nc2ccc(C(=O)Nc3sc4c(c3C(N)=O)CCCCC4)cc2)c1. The second-order valence-corrected chi connectivity index (χ2v) is 10.7. The lowest BCUT2D eigenvalue weighted by Gasteiger charge is -2.10.